The Kier molecular flexibility index (Phi) is 32.1. The maximum absolute atomic E-state index is 14.8. The SMILES string of the molecule is CC[C@H](C)[C@@H]([C@@H](CC(=O)N1CCC[C@H]1[C@H](OC)[C@@H](C)C(=O)N[C@H](C)[C@@H](O)c1ccccc1)OC)N(C)C(=O)[C@@H](NC(=O)C(C(C)C)N(C)C(=O)OCc1ccc(NC(=O)[C@H](CCCNC(N)=O)NC(=O)C(NC(=O)CCCCCN2C(=O)C=CC2=O)C(C)C)cc1)C(C)C. The molecule has 94 heavy (non-hydrogen) atoms. The number of likely N-dealkylation sites (N-methyl/N-ethyl adjacent to an activating group) is 2. The molecule has 0 aromatic heterocycles. The highest BCUT2D eigenvalue weighted by Crippen LogP contribution is 2.31. The molecule has 9 N–H and O–H groups in total. The predicted molar refractivity (Wildman–Crippen MR) is 353 cm³/mol. The summed E-state index contributed by atoms with van der Waals surface area (Å²) in [6.07, 6.45) is 2.94. The van der Waals surface area contributed by atoms with Crippen LogP contribution in [-0.2, 0) is 64.0 Å². The molecule has 2 heterocycles. The average Bonchev–Trinajstić information content (AvgIpc) is 1.33. The van der Waals surface area contributed by atoms with Crippen LogP contribution in [0.4, 0.5) is 15.3 Å². The van der Waals surface area contributed by atoms with E-state index in [2.05, 4.69) is 31.9 Å². The number of unbranched alkanes of at least 4 members (excludes halogenated alkanes) is 2. The molecule has 26 heteroatoms. The second-order valence-electron chi connectivity index (χ2n) is 25.8. The fraction of sp³-hybridized carbons (Fsp3) is 0.632. The number of nitrogens with one attached hydrogen (secondary N) is 6. The molecule has 2 aromatic rings. The van der Waals surface area contributed by atoms with Crippen molar-refractivity contribution < 1.29 is 72.1 Å². The van der Waals surface area contributed by atoms with Crippen LogP contribution in [0.2, 0.25) is 0 Å². The number of hydrogen-bond donors (Lipinski definition) is 8. The number of amides is 12. The number of likely N-dealkylation sites (tertiary alicyclic amines) is 1. The number of urea groups is 1. The van der Waals surface area contributed by atoms with E-state index in [9.17, 15) is 57.8 Å². The van der Waals surface area contributed by atoms with E-state index in [-0.39, 0.29) is 86.8 Å². The second kappa shape index (κ2) is 38.4. The highest BCUT2D eigenvalue weighted by Gasteiger charge is 2.44. The van der Waals surface area contributed by atoms with Crippen LogP contribution in [0.3, 0.4) is 0 Å². The van der Waals surface area contributed by atoms with E-state index < -0.39 is 114 Å². The van der Waals surface area contributed by atoms with E-state index in [1.807, 2.05) is 32.0 Å². The molecule has 0 radical (unpaired) electrons. The average molecular weight is 1320 g/mol. The number of aliphatic hydroxyl groups is 1. The van der Waals surface area contributed by atoms with Gasteiger partial charge in [-0.25, -0.2) is 9.59 Å². The van der Waals surface area contributed by atoms with Gasteiger partial charge in [-0.2, -0.15) is 0 Å². The zero-order valence-corrected chi connectivity index (χ0v) is 57.4. The van der Waals surface area contributed by atoms with Crippen molar-refractivity contribution in [1.82, 2.24) is 46.2 Å². The van der Waals surface area contributed by atoms with Gasteiger partial charge >= 0.3 is 12.1 Å². The number of rotatable bonds is 38. The van der Waals surface area contributed by atoms with E-state index >= 15 is 0 Å². The zero-order valence-electron chi connectivity index (χ0n) is 57.4. The molecule has 2 unspecified atom stereocenters. The Bertz CT molecular complexity index is 2880. The summed E-state index contributed by atoms with van der Waals surface area (Å²) in [5, 5.41) is 27.6. The number of nitrogens with two attached hydrogens (primary N) is 1. The van der Waals surface area contributed by atoms with Crippen molar-refractivity contribution in [3.05, 3.63) is 77.9 Å². The molecule has 0 aliphatic carbocycles. The molecular formula is C68H105N11O15. The topological polar surface area (TPSA) is 347 Å². The number of imide groups is 1. The highest BCUT2D eigenvalue weighted by atomic mass is 16.6. The number of hydrogen-bond acceptors (Lipinski definition) is 15. The Morgan fingerprint density at radius 1 is 0.713 bits per heavy atom. The molecule has 2 aromatic carbocycles. The van der Waals surface area contributed by atoms with Crippen molar-refractivity contribution in [2.24, 2.45) is 35.3 Å². The number of methoxy groups -OCH3 is 2. The number of aliphatic hydroxyl groups excluding tert-OH is 1. The van der Waals surface area contributed by atoms with E-state index in [4.69, 9.17) is 19.9 Å². The minimum Gasteiger partial charge on any atom is -0.445 e. The largest absolute Gasteiger partial charge is 0.445 e. The molecule has 0 spiro atoms. The van der Waals surface area contributed by atoms with Crippen LogP contribution in [-0.4, -0.2) is 192 Å². The molecule has 2 aliphatic rings. The molecular weight excluding hydrogens is 1210 g/mol. The lowest BCUT2D eigenvalue weighted by Gasteiger charge is -2.41. The van der Waals surface area contributed by atoms with E-state index in [0.717, 1.165) is 4.90 Å². The Morgan fingerprint density at radius 2 is 1.35 bits per heavy atom. The van der Waals surface area contributed by atoms with Gasteiger partial charge in [0, 0.05) is 72.2 Å². The summed E-state index contributed by atoms with van der Waals surface area (Å²) >= 11 is 0. The maximum atomic E-state index is 14.8. The first kappa shape index (κ1) is 78.5. The van der Waals surface area contributed by atoms with Gasteiger partial charge in [0.05, 0.1) is 48.8 Å². The van der Waals surface area contributed by atoms with Crippen LogP contribution in [0.25, 0.3) is 0 Å². The molecule has 26 nitrogen and oxygen atoms in total. The van der Waals surface area contributed by atoms with Crippen molar-refractivity contribution in [2.75, 3.05) is 53.3 Å². The van der Waals surface area contributed by atoms with Crippen molar-refractivity contribution in [3.8, 4) is 0 Å². The molecule has 1 fully saturated rings. The lowest BCUT2D eigenvalue weighted by Crippen LogP contribution is -2.60. The van der Waals surface area contributed by atoms with Crippen molar-refractivity contribution in [1.29, 1.82) is 0 Å². The summed E-state index contributed by atoms with van der Waals surface area (Å²) in [7, 11) is 6.08. The summed E-state index contributed by atoms with van der Waals surface area (Å²) in [4.78, 5) is 152. The summed E-state index contributed by atoms with van der Waals surface area (Å²) in [5.41, 5.74) is 6.77. The molecule has 1 saturated heterocycles. The zero-order chi connectivity index (χ0) is 70.1. The predicted octanol–water partition coefficient (Wildman–Crippen LogP) is 5.08. The second-order valence-corrected chi connectivity index (χ2v) is 25.8. The quantitative estimate of drug-likeness (QED) is 0.0321. The van der Waals surface area contributed by atoms with Crippen LogP contribution < -0.4 is 37.6 Å². The lowest BCUT2D eigenvalue weighted by atomic mass is 9.89. The Hall–Kier alpha value is -7.97. The molecule has 522 valence electrons. The minimum atomic E-state index is -1.11. The number of anilines is 1. The Balaban J connectivity index is 1.37. The first-order valence-corrected chi connectivity index (χ1v) is 32.9. The fourth-order valence-electron chi connectivity index (χ4n) is 12.1. The molecule has 0 saturated carbocycles. The Morgan fingerprint density at radius 3 is 1.93 bits per heavy atom. The van der Waals surface area contributed by atoms with Crippen molar-refractivity contribution in [2.45, 2.75) is 201 Å². The van der Waals surface area contributed by atoms with Gasteiger partial charge in [0.25, 0.3) is 11.8 Å². The van der Waals surface area contributed by atoms with Gasteiger partial charge < -0.3 is 66.8 Å². The molecule has 12 amide bonds. The lowest BCUT2D eigenvalue weighted by molar-refractivity contribution is -0.148. The molecule has 2 aliphatic heterocycles. The van der Waals surface area contributed by atoms with Crippen LogP contribution >= 0.6 is 0 Å². The summed E-state index contributed by atoms with van der Waals surface area (Å²) in [5.74, 6) is -6.02. The first-order chi connectivity index (χ1) is 44.5. The highest BCUT2D eigenvalue weighted by molar-refractivity contribution is 6.12. The third-order valence-corrected chi connectivity index (χ3v) is 17.7. The van der Waals surface area contributed by atoms with Crippen molar-refractivity contribution in [3.63, 3.8) is 0 Å². The monoisotopic (exact) mass is 1320 g/mol. The summed E-state index contributed by atoms with van der Waals surface area (Å²) < 4.78 is 17.7. The number of carbonyl (C=O) groups is 11. The third-order valence-electron chi connectivity index (χ3n) is 17.7. The fourth-order valence-corrected chi connectivity index (χ4v) is 12.1. The van der Waals surface area contributed by atoms with Gasteiger partial charge in [-0.1, -0.05) is 118 Å². The standard InChI is InChI=1S/C68H105N11O15/c1-15-43(8)59(51(92-13)38-55(83)78-37-23-27-50(78)61(93-14)44(9)62(85)71-45(10)60(84)47-24-18-16-19-25-47)76(11)66(89)57(41(4)5)75-65(88)58(42(6)7)77(12)68(91)94-39-46-29-31-48(32-30-46)72-63(86)49(26-22-35-70-67(69)90)73-64(87)56(40(2)3)74-52(80)28-20-17-21-36-79-53(81)33-34-54(79)82/h16,18-19,24-25,29-34,40-45,49-51,56-61,84H,15,17,20-23,26-28,35-39H2,1-14H3,(H,71,85)(H,72,86)(H,73,87)(H,74,80)(H,75,88)(H3,69,70,90)/t43-,44+,45+,49-,50-,51+,56?,57-,58?,59-,60+,61+/m0/s1. The summed E-state index contributed by atoms with van der Waals surface area (Å²) in [6, 6.07) is 8.74. The van der Waals surface area contributed by atoms with Gasteiger partial charge in [-0.3, -0.25) is 53.0 Å². The van der Waals surface area contributed by atoms with Gasteiger partial charge in [0.15, 0.2) is 0 Å². The number of benzene rings is 2. The minimum absolute atomic E-state index is 0.0841. The van der Waals surface area contributed by atoms with Gasteiger partial charge in [-0.15, -0.1) is 0 Å². The Labute approximate surface area is 554 Å². The van der Waals surface area contributed by atoms with Crippen LogP contribution in [0.5, 0.6) is 0 Å². The van der Waals surface area contributed by atoms with Crippen LogP contribution in [0.15, 0.2) is 66.7 Å². The van der Waals surface area contributed by atoms with Crippen molar-refractivity contribution >= 4 is 71.0 Å². The van der Waals surface area contributed by atoms with Gasteiger partial charge in [-0.05, 0) is 92.4 Å². The number of primary amides is 1. The molecule has 0 bridgehead atoms. The van der Waals surface area contributed by atoms with Crippen LogP contribution in [0, 0.1) is 29.6 Å². The first-order valence-electron chi connectivity index (χ1n) is 32.9. The summed E-state index contributed by atoms with van der Waals surface area (Å²) in [6.45, 7) is 18.6. The maximum Gasteiger partial charge on any atom is 0.410 e. The van der Waals surface area contributed by atoms with E-state index in [1.54, 1.807) is 109 Å². The van der Waals surface area contributed by atoms with Crippen LogP contribution in [0.1, 0.15) is 151 Å². The number of nitrogens with zero attached hydrogens (tertiary/aromatic N) is 4. The third kappa shape index (κ3) is 22.9. The number of ether oxygens (including phenoxy) is 3. The smallest absolute Gasteiger partial charge is 0.410 e. The van der Waals surface area contributed by atoms with E-state index in [0.29, 0.717) is 61.9 Å². The van der Waals surface area contributed by atoms with Gasteiger partial charge in [0.2, 0.25) is 41.4 Å². The number of carbonyl (C=O) groups excluding carboxylic acids is 11. The van der Waals surface area contributed by atoms with Gasteiger partial charge in [0.1, 0.15) is 30.8 Å². The molecule has 12 atom stereocenters. The van der Waals surface area contributed by atoms with E-state index in [1.165, 1.54) is 38.3 Å². The molecule has 4 rings (SSSR count). The normalized spacial score (nSPS) is 17.4.